The van der Waals surface area contributed by atoms with Crippen LogP contribution in [-0.4, -0.2) is 52.2 Å². The standard InChI is InChI=1S/C14H18N4O5S/c1-17(8-7-14(19)20)24(21,22)12-5-3-11(4-6-12)23-9-13-15-10-16-18(13)2/h3-6,10H,7-9H2,1-2H3,(H,19,20). The Morgan fingerprint density at radius 1 is 1.33 bits per heavy atom. The number of carboxylic acid groups (broad SMARTS) is 1. The molecule has 0 fully saturated rings. The average Bonchev–Trinajstić information content (AvgIpc) is 2.96. The van der Waals surface area contributed by atoms with E-state index in [4.69, 9.17) is 9.84 Å². The molecule has 1 heterocycles. The second-order valence-corrected chi connectivity index (χ2v) is 7.08. The van der Waals surface area contributed by atoms with E-state index in [1.54, 1.807) is 11.7 Å². The van der Waals surface area contributed by atoms with Crippen molar-refractivity contribution in [2.45, 2.75) is 17.9 Å². The van der Waals surface area contributed by atoms with Crippen LogP contribution in [-0.2, 0) is 28.5 Å². The molecule has 2 rings (SSSR count). The molecule has 0 spiro atoms. The van der Waals surface area contributed by atoms with Gasteiger partial charge in [-0.25, -0.2) is 17.7 Å². The SMILES string of the molecule is CN(CCC(=O)O)S(=O)(=O)c1ccc(OCc2ncnn2C)cc1. The highest BCUT2D eigenvalue weighted by Crippen LogP contribution is 2.19. The van der Waals surface area contributed by atoms with Gasteiger partial charge in [-0.15, -0.1) is 0 Å². The second-order valence-electron chi connectivity index (χ2n) is 5.03. The zero-order valence-electron chi connectivity index (χ0n) is 13.3. The number of carboxylic acids is 1. The maximum absolute atomic E-state index is 12.3. The number of nitrogens with zero attached hydrogens (tertiary/aromatic N) is 4. The summed E-state index contributed by atoms with van der Waals surface area (Å²) in [5.41, 5.74) is 0. The van der Waals surface area contributed by atoms with Crippen molar-refractivity contribution in [2.75, 3.05) is 13.6 Å². The number of ether oxygens (including phenoxy) is 1. The maximum atomic E-state index is 12.3. The first-order valence-electron chi connectivity index (χ1n) is 7.04. The quantitative estimate of drug-likeness (QED) is 0.733. The Labute approximate surface area is 139 Å². The van der Waals surface area contributed by atoms with E-state index in [2.05, 4.69) is 10.1 Å². The van der Waals surface area contributed by atoms with Gasteiger partial charge in [-0.2, -0.15) is 5.10 Å². The molecule has 1 aromatic heterocycles. The smallest absolute Gasteiger partial charge is 0.304 e. The first kappa shape index (κ1) is 17.9. The van der Waals surface area contributed by atoms with Crippen LogP contribution >= 0.6 is 0 Å². The van der Waals surface area contributed by atoms with Crippen LogP contribution < -0.4 is 4.74 Å². The Bertz CT molecular complexity index is 801. The molecule has 1 N–H and O–H groups in total. The number of hydrogen-bond donors (Lipinski definition) is 1. The summed E-state index contributed by atoms with van der Waals surface area (Å²) in [4.78, 5) is 14.6. The molecule has 0 saturated heterocycles. The largest absolute Gasteiger partial charge is 0.486 e. The molecule has 130 valence electrons. The van der Waals surface area contributed by atoms with Gasteiger partial charge in [-0.1, -0.05) is 0 Å². The lowest BCUT2D eigenvalue weighted by atomic mass is 10.3. The van der Waals surface area contributed by atoms with Crippen molar-refractivity contribution in [3.8, 4) is 5.75 Å². The fourth-order valence-electron chi connectivity index (χ4n) is 1.86. The number of aromatic nitrogens is 3. The topological polar surface area (TPSA) is 115 Å². The maximum Gasteiger partial charge on any atom is 0.304 e. The lowest BCUT2D eigenvalue weighted by Gasteiger charge is -2.16. The van der Waals surface area contributed by atoms with Gasteiger partial charge in [0, 0.05) is 20.6 Å². The summed E-state index contributed by atoms with van der Waals surface area (Å²) in [6.07, 6.45) is 1.16. The van der Waals surface area contributed by atoms with Crippen molar-refractivity contribution < 1.29 is 23.1 Å². The first-order chi connectivity index (χ1) is 11.3. The number of sulfonamides is 1. The minimum absolute atomic E-state index is 0.0707. The Morgan fingerprint density at radius 3 is 2.54 bits per heavy atom. The number of benzene rings is 1. The number of aliphatic carboxylic acids is 1. The zero-order valence-corrected chi connectivity index (χ0v) is 14.1. The molecular formula is C14H18N4O5S. The highest BCUT2D eigenvalue weighted by atomic mass is 32.2. The van der Waals surface area contributed by atoms with Gasteiger partial charge >= 0.3 is 5.97 Å². The van der Waals surface area contributed by atoms with Gasteiger partial charge in [0.1, 0.15) is 18.7 Å². The van der Waals surface area contributed by atoms with E-state index in [9.17, 15) is 13.2 Å². The van der Waals surface area contributed by atoms with Gasteiger partial charge < -0.3 is 9.84 Å². The molecule has 0 aliphatic rings. The number of carbonyl (C=O) groups is 1. The molecule has 0 amide bonds. The summed E-state index contributed by atoms with van der Waals surface area (Å²) in [5, 5.41) is 12.6. The molecule has 2 aromatic rings. The molecule has 0 unspecified atom stereocenters. The summed E-state index contributed by atoms with van der Waals surface area (Å²) in [6, 6.07) is 5.90. The average molecular weight is 354 g/mol. The van der Waals surface area contributed by atoms with Crippen LogP contribution in [0.2, 0.25) is 0 Å². The predicted octanol–water partition coefficient (Wildman–Crippen LogP) is 0.489. The van der Waals surface area contributed by atoms with E-state index in [-0.39, 0.29) is 24.5 Å². The molecule has 0 saturated carbocycles. The van der Waals surface area contributed by atoms with Crippen molar-refractivity contribution in [1.29, 1.82) is 0 Å². The van der Waals surface area contributed by atoms with Crippen molar-refractivity contribution in [1.82, 2.24) is 19.1 Å². The van der Waals surface area contributed by atoms with Gasteiger partial charge in [0.15, 0.2) is 5.82 Å². The fraction of sp³-hybridized carbons (Fsp3) is 0.357. The third-order valence-corrected chi connectivity index (χ3v) is 5.22. The zero-order chi connectivity index (χ0) is 17.7. The van der Waals surface area contributed by atoms with Crippen LogP contribution in [0.15, 0.2) is 35.5 Å². The van der Waals surface area contributed by atoms with Crippen molar-refractivity contribution in [3.05, 3.63) is 36.4 Å². The number of hydrogen-bond acceptors (Lipinski definition) is 6. The Balaban J connectivity index is 2.02. The van der Waals surface area contributed by atoms with E-state index in [1.165, 1.54) is 37.6 Å². The van der Waals surface area contributed by atoms with Crippen molar-refractivity contribution in [3.63, 3.8) is 0 Å². The van der Waals surface area contributed by atoms with E-state index < -0.39 is 16.0 Å². The third-order valence-electron chi connectivity index (χ3n) is 3.35. The normalized spacial score (nSPS) is 11.6. The molecular weight excluding hydrogens is 336 g/mol. The minimum atomic E-state index is -3.73. The summed E-state index contributed by atoms with van der Waals surface area (Å²) in [7, 11) is -0.640. The van der Waals surface area contributed by atoms with E-state index in [0.717, 1.165) is 4.31 Å². The summed E-state index contributed by atoms with van der Waals surface area (Å²) >= 11 is 0. The van der Waals surface area contributed by atoms with E-state index in [0.29, 0.717) is 11.6 Å². The molecule has 0 aliphatic carbocycles. The Hall–Kier alpha value is -2.46. The summed E-state index contributed by atoms with van der Waals surface area (Å²) in [6.45, 7) is 0.114. The fourth-order valence-corrected chi connectivity index (χ4v) is 3.03. The Morgan fingerprint density at radius 2 is 2.00 bits per heavy atom. The number of aryl methyl sites for hydroxylation is 1. The van der Waals surface area contributed by atoms with Crippen LogP contribution in [0.5, 0.6) is 5.75 Å². The number of rotatable bonds is 8. The molecule has 0 radical (unpaired) electrons. The van der Waals surface area contributed by atoms with Gasteiger partial charge in [0.25, 0.3) is 0 Å². The molecule has 0 bridgehead atoms. The molecule has 10 heteroatoms. The van der Waals surface area contributed by atoms with Gasteiger partial charge in [0.2, 0.25) is 10.0 Å². The van der Waals surface area contributed by atoms with Crippen molar-refractivity contribution >= 4 is 16.0 Å². The van der Waals surface area contributed by atoms with Crippen LogP contribution in [0.25, 0.3) is 0 Å². The lowest BCUT2D eigenvalue weighted by molar-refractivity contribution is -0.137. The Kier molecular flexibility index (Phi) is 5.52. The summed E-state index contributed by atoms with van der Waals surface area (Å²) in [5.74, 6) is 0.0785. The van der Waals surface area contributed by atoms with Crippen LogP contribution in [0.3, 0.4) is 0 Å². The van der Waals surface area contributed by atoms with Gasteiger partial charge in [0.05, 0.1) is 11.3 Å². The molecule has 1 aromatic carbocycles. The first-order valence-corrected chi connectivity index (χ1v) is 8.48. The molecule has 0 aliphatic heterocycles. The second kappa shape index (κ2) is 7.41. The van der Waals surface area contributed by atoms with Gasteiger partial charge in [-0.05, 0) is 24.3 Å². The predicted molar refractivity (Wildman–Crippen MR) is 83.8 cm³/mol. The van der Waals surface area contributed by atoms with E-state index >= 15 is 0 Å². The van der Waals surface area contributed by atoms with Crippen LogP contribution in [0, 0.1) is 0 Å². The highest BCUT2D eigenvalue weighted by molar-refractivity contribution is 7.89. The van der Waals surface area contributed by atoms with Crippen LogP contribution in [0.4, 0.5) is 0 Å². The van der Waals surface area contributed by atoms with Crippen LogP contribution in [0.1, 0.15) is 12.2 Å². The molecule has 0 atom stereocenters. The van der Waals surface area contributed by atoms with Crippen molar-refractivity contribution in [2.24, 2.45) is 7.05 Å². The van der Waals surface area contributed by atoms with E-state index in [1.807, 2.05) is 0 Å². The third kappa shape index (κ3) is 4.30. The monoisotopic (exact) mass is 354 g/mol. The lowest BCUT2D eigenvalue weighted by Crippen LogP contribution is -2.29. The minimum Gasteiger partial charge on any atom is -0.486 e. The highest BCUT2D eigenvalue weighted by Gasteiger charge is 2.21. The van der Waals surface area contributed by atoms with Gasteiger partial charge in [-0.3, -0.25) is 9.48 Å². The molecule has 24 heavy (non-hydrogen) atoms. The summed E-state index contributed by atoms with van der Waals surface area (Å²) < 4.78 is 32.8. The molecule has 9 nitrogen and oxygen atoms in total.